The summed E-state index contributed by atoms with van der Waals surface area (Å²) in [5, 5.41) is 17.3. The van der Waals surface area contributed by atoms with Crippen molar-refractivity contribution in [2.45, 2.75) is 19.4 Å². The van der Waals surface area contributed by atoms with Crippen LogP contribution in [0, 0.1) is 0 Å². The second-order valence-corrected chi connectivity index (χ2v) is 7.24. The molecule has 0 spiro atoms. The highest BCUT2D eigenvalue weighted by Gasteiger charge is 2.18. The van der Waals surface area contributed by atoms with Gasteiger partial charge in [-0.1, -0.05) is 23.7 Å². The SMILES string of the molecule is Cn1nccc1-c1nc(C(=O)NCC(C)(C)O)cc(-c2ccc(Cl)cc2)n1. The summed E-state index contributed by atoms with van der Waals surface area (Å²) >= 11 is 5.97. The lowest BCUT2D eigenvalue weighted by molar-refractivity contribution is 0.0692. The molecule has 3 rings (SSSR count). The van der Waals surface area contributed by atoms with Crippen LogP contribution in [0.3, 0.4) is 0 Å². The van der Waals surface area contributed by atoms with Crippen molar-refractivity contribution in [3.05, 3.63) is 53.3 Å². The van der Waals surface area contributed by atoms with Crippen molar-refractivity contribution in [3.63, 3.8) is 0 Å². The number of aryl methyl sites for hydroxylation is 1. The lowest BCUT2D eigenvalue weighted by Gasteiger charge is -2.17. The van der Waals surface area contributed by atoms with Gasteiger partial charge in [-0.3, -0.25) is 9.48 Å². The van der Waals surface area contributed by atoms with Crippen molar-refractivity contribution >= 4 is 17.5 Å². The zero-order valence-corrected chi connectivity index (χ0v) is 16.0. The molecule has 0 atom stereocenters. The molecule has 0 aliphatic heterocycles. The Morgan fingerprint density at radius 3 is 2.52 bits per heavy atom. The average Bonchev–Trinajstić information content (AvgIpc) is 3.05. The quantitative estimate of drug-likeness (QED) is 0.704. The standard InChI is InChI=1S/C19H20ClN5O2/c1-19(2,27)11-21-18(26)15-10-14(12-4-6-13(20)7-5-12)23-17(24-15)16-8-9-22-25(16)3/h4-10,27H,11H2,1-3H3,(H,21,26). The van der Waals surface area contributed by atoms with E-state index in [1.807, 2.05) is 12.1 Å². The number of carbonyl (C=O) groups is 1. The van der Waals surface area contributed by atoms with E-state index in [2.05, 4.69) is 20.4 Å². The van der Waals surface area contributed by atoms with Gasteiger partial charge in [0.05, 0.1) is 11.3 Å². The molecule has 0 radical (unpaired) electrons. The summed E-state index contributed by atoms with van der Waals surface area (Å²) in [5.74, 6) is -0.00554. The van der Waals surface area contributed by atoms with Gasteiger partial charge in [-0.15, -0.1) is 0 Å². The van der Waals surface area contributed by atoms with Gasteiger partial charge in [-0.25, -0.2) is 9.97 Å². The molecule has 0 saturated heterocycles. The maximum absolute atomic E-state index is 12.6. The number of aromatic nitrogens is 4. The third-order valence-corrected chi connectivity index (χ3v) is 4.08. The molecule has 0 saturated carbocycles. The fourth-order valence-corrected chi connectivity index (χ4v) is 2.55. The van der Waals surface area contributed by atoms with E-state index in [1.54, 1.807) is 56.0 Å². The number of hydrogen-bond acceptors (Lipinski definition) is 5. The molecule has 0 bridgehead atoms. The van der Waals surface area contributed by atoms with Gasteiger partial charge in [-0.05, 0) is 38.1 Å². The number of amides is 1. The smallest absolute Gasteiger partial charge is 0.270 e. The van der Waals surface area contributed by atoms with Crippen LogP contribution in [-0.4, -0.2) is 42.9 Å². The van der Waals surface area contributed by atoms with Crippen LogP contribution >= 0.6 is 11.6 Å². The first kappa shape index (κ1) is 19.0. The van der Waals surface area contributed by atoms with E-state index in [-0.39, 0.29) is 12.2 Å². The number of nitrogens with one attached hydrogen (secondary N) is 1. The molecule has 0 aliphatic rings. The molecule has 1 amide bonds. The van der Waals surface area contributed by atoms with Gasteiger partial charge in [0.2, 0.25) is 0 Å². The van der Waals surface area contributed by atoms with Gasteiger partial charge >= 0.3 is 0 Å². The number of benzene rings is 1. The molecule has 140 valence electrons. The van der Waals surface area contributed by atoms with Gasteiger partial charge in [0, 0.05) is 30.4 Å². The molecule has 0 aliphatic carbocycles. The minimum Gasteiger partial charge on any atom is -0.389 e. The van der Waals surface area contributed by atoms with Crippen molar-refractivity contribution in [1.29, 1.82) is 0 Å². The molecular formula is C19H20ClN5O2. The maximum atomic E-state index is 12.6. The van der Waals surface area contributed by atoms with Crippen LogP contribution in [0.15, 0.2) is 42.6 Å². The Bertz CT molecular complexity index is 961. The van der Waals surface area contributed by atoms with Crippen LogP contribution < -0.4 is 5.32 Å². The largest absolute Gasteiger partial charge is 0.389 e. The van der Waals surface area contributed by atoms with Crippen molar-refractivity contribution in [1.82, 2.24) is 25.1 Å². The molecule has 2 aromatic heterocycles. The molecule has 0 unspecified atom stereocenters. The highest BCUT2D eigenvalue weighted by Crippen LogP contribution is 2.23. The lowest BCUT2D eigenvalue weighted by Crippen LogP contribution is -2.38. The zero-order valence-electron chi connectivity index (χ0n) is 15.3. The summed E-state index contributed by atoms with van der Waals surface area (Å²) in [7, 11) is 1.78. The van der Waals surface area contributed by atoms with Crippen molar-refractivity contribution < 1.29 is 9.90 Å². The summed E-state index contributed by atoms with van der Waals surface area (Å²) in [6, 6.07) is 10.6. The molecule has 1 aromatic carbocycles. The number of halogens is 1. The Labute approximate surface area is 162 Å². The van der Waals surface area contributed by atoms with E-state index in [0.29, 0.717) is 22.2 Å². The molecule has 2 N–H and O–H groups in total. The minimum absolute atomic E-state index is 0.104. The first-order chi connectivity index (χ1) is 12.7. The zero-order chi connectivity index (χ0) is 19.6. The fraction of sp³-hybridized carbons (Fsp3) is 0.263. The van der Waals surface area contributed by atoms with Gasteiger partial charge in [0.25, 0.3) is 5.91 Å². The normalized spacial score (nSPS) is 11.4. The molecular weight excluding hydrogens is 366 g/mol. The number of rotatable bonds is 5. The second-order valence-electron chi connectivity index (χ2n) is 6.80. The van der Waals surface area contributed by atoms with Crippen molar-refractivity contribution in [3.8, 4) is 22.8 Å². The number of aliphatic hydroxyl groups is 1. The number of nitrogens with zero attached hydrogens (tertiary/aromatic N) is 4. The highest BCUT2D eigenvalue weighted by molar-refractivity contribution is 6.30. The van der Waals surface area contributed by atoms with Crippen molar-refractivity contribution in [2.24, 2.45) is 7.05 Å². The minimum atomic E-state index is -1.02. The summed E-state index contributed by atoms with van der Waals surface area (Å²) in [6.07, 6.45) is 1.64. The van der Waals surface area contributed by atoms with Gasteiger partial charge in [0.15, 0.2) is 5.82 Å². The van der Waals surface area contributed by atoms with Gasteiger partial charge < -0.3 is 10.4 Å². The van der Waals surface area contributed by atoms with Crippen LogP contribution in [0.2, 0.25) is 5.02 Å². The van der Waals surface area contributed by atoms with E-state index in [0.717, 1.165) is 5.56 Å². The topological polar surface area (TPSA) is 92.9 Å². The van der Waals surface area contributed by atoms with Crippen molar-refractivity contribution in [2.75, 3.05) is 6.54 Å². The maximum Gasteiger partial charge on any atom is 0.270 e. The summed E-state index contributed by atoms with van der Waals surface area (Å²) in [6.45, 7) is 3.34. The first-order valence-electron chi connectivity index (χ1n) is 8.37. The van der Waals surface area contributed by atoms with Crippen LogP contribution in [0.25, 0.3) is 22.8 Å². The Kier molecular flexibility index (Phi) is 5.25. The van der Waals surface area contributed by atoms with Crippen LogP contribution in [-0.2, 0) is 7.05 Å². The van der Waals surface area contributed by atoms with Crippen LogP contribution in [0.1, 0.15) is 24.3 Å². The van der Waals surface area contributed by atoms with E-state index in [1.165, 1.54) is 0 Å². The second kappa shape index (κ2) is 7.46. The predicted octanol–water partition coefficient (Wildman–Crippen LogP) is 2.70. The third kappa shape index (κ3) is 4.69. The molecule has 27 heavy (non-hydrogen) atoms. The van der Waals surface area contributed by atoms with E-state index < -0.39 is 11.5 Å². The lowest BCUT2D eigenvalue weighted by atomic mass is 10.1. The van der Waals surface area contributed by atoms with E-state index in [4.69, 9.17) is 11.6 Å². The summed E-state index contributed by atoms with van der Waals surface area (Å²) < 4.78 is 1.64. The number of hydrogen-bond donors (Lipinski definition) is 2. The highest BCUT2D eigenvalue weighted by atomic mass is 35.5. The molecule has 8 heteroatoms. The molecule has 7 nitrogen and oxygen atoms in total. The van der Waals surface area contributed by atoms with E-state index >= 15 is 0 Å². The average molecular weight is 386 g/mol. The van der Waals surface area contributed by atoms with Gasteiger partial charge in [0.1, 0.15) is 11.4 Å². The van der Waals surface area contributed by atoms with E-state index in [9.17, 15) is 9.90 Å². The Morgan fingerprint density at radius 2 is 1.93 bits per heavy atom. The Hall–Kier alpha value is -2.77. The molecule has 3 aromatic rings. The van der Waals surface area contributed by atoms with Crippen LogP contribution in [0.5, 0.6) is 0 Å². The first-order valence-corrected chi connectivity index (χ1v) is 8.75. The summed E-state index contributed by atoms with van der Waals surface area (Å²) in [4.78, 5) is 21.6. The monoisotopic (exact) mass is 385 g/mol. The van der Waals surface area contributed by atoms with Gasteiger partial charge in [-0.2, -0.15) is 5.10 Å². The fourth-order valence-electron chi connectivity index (χ4n) is 2.43. The summed E-state index contributed by atoms with van der Waals surface area (Å²) in [5.41, 5.74) is 1.26. The van der Waals surface area contributed by atoms with Crippen LogP contribution in [0.4, 0.5) is 0 Å². The third-order valence-electron chi connectivity index (χ3n) is 3.83. The molecule has 0 fully saturated rings. The predicted molar refractivity (Wildman–Crippen MR) is 103 cm³/mol. The molecule has 2 heterocycles. The Morgan fingerprint density at radius 1 is 1.22 bits per heavy atom. The Balaban J connectivity index is 2.04. The number of carbonyl (C=O) groups excluding carboxylic acids is 1.